The van der Waals surface area contributed by atoms with Gasteiger partial charge in [-0.1, -0.05) is 24.8 Å². The highest BCUT2D eigenvalue weighted by Gasteiger charge is 2.21. The van der Waals surface area contributed by atoms with Crippen LogP contribution in [0.5, 0.6) is 5.75 Å². The first-order valence-corrected chi connectivity index (χ1v) is 13.9. The van der Waals surface area contributed by atoms with Crippen LogP contribution in [0.1, 0.15) is 0 Å². The van der Waals surface area contributed by atoms with E-state index in [1.807, 2.05) is 99.7 Å². The van der Waals surface area contributed by atoms with Crippen molar-refractivity contribution in [2.75, 3.05) is 56.9 Å². The summed E-state index contributed by atoms with van der Waals surface area (Å²) in [5, 5.41) is 7.35. The lowest BCUT2D eigenvalue weighted by molar-refractivity contribution is -0.751. The average molecular weight is 581 g/mol. The summed E-state index contributed by atoms with van der Waals surface area (Å²) in [5.41, 5.74) is 6.69. The molecule has 1 amide bonds. The normalized spacial score (nSPS) is 11.1. The van der Waals surface area contributed by atoms with Gasteiger partial charge in [0.1, 0.15) is 5.75 Å². The molecule has 0 bridgehead atoms. The number of aromatic nitrogens is 5. The Balaban J connectivity index is 1.60. The molecule has 43 heavy (non-hydrogen) atoms. The summed E-state index contributed by atoms with van der Waals surface area (Å²) in [6.07, 6.45) is 9.16. The maximum Gasteiger partial charge on any atom is 0.247 e. The van der Waals surface area contributed by atoms with Crippen molar-refractivity contribution in [3.63, 3.8) is 0 Å². The van der Waals surface area contributed by atoms with Gasteiger partial charge in [0.05, 0.1) is 48.7 Å². The van der Waals surface area contributed by atoms with Crippen LogP contribution >= 0.6 is 0 Å². The lowest BCUT2D eigenvalue weighted by Gasteiger charge is -2.26. The molecule has 0 saturated heterocycles. The molecule has 0 aliphatic rings. The maximum atomic E-state index is 12.4. The van der Waals surface area contributed by atoms with Crippen LogP contribution < -0.4 is 25.0 Å². The number of anilines is 4. The van der Waals surface area contributed by atoms with E-state index >= 15 is 0 Å². The molecule has 0 radical (unpaired) electrons. The van der Waals surface area contributed by atoms with Crippen LogP contribution in [0, 0.1) is 0 Å². The van der Waals surface area contributed by atoms with Gasteiger partial charge in [0, 0.05) is 60.6 Å². The number of hydrogen-bond donors (Lipinski definition) is 3. The Morgan fingerprint density at radius 1 is 1.16 bits per heavy atom. The second-order valence-electron chi connectivity index (χ2n) is 10.7. The van der Waals surface area contributed by atoms with Gasteiger partial charge in [0.15, 0.2) is 7.05 Å². The largest absolute Gasteiger partial charge is 0.494 e. The number of aromatic amines is 1. The first-order valence-electron chi connectivity index (χ1n) is 13.9. The zero-order chi connectivity index (χ0) is 30.7. The number of carbonyl (C=O) groups is 1. The van der Waals surface area contributed by atoms with E-state index in [1.54, 1.807) is 7.11 Å². The summed E-state index contributed by atoms with van der Waals surface area (Å²) in [6, 6.07) is 11.9. The number of nitrogens with one attached hydrogen (secondary N) is 3. The Morgan fingerprint density at radius 3 is 2.65 bits per heavy atom. The van der Waals surface area contributed by atoms with Crippen LogP contribution in [0.15, 0.2) is 73.8 Å². The van der Waals surface area contributed by atoms with Crippen LogP contribution in [0.4, 0.5) is 23.0 Å². The molecular weight excluding hydrogens is 542 g/mol. The number of para-hydroxylation sites is 1. The van der Waals surface area contributed by atoms with E-state index < -0.39 is 0 Å². The molecule has 5 aromatic rings. The van der Waals surface area contributed by atoms with E-state index in [1.165, 1.54) is 6.08 Å². The van der Waals surface area contributed by atoms with Crippen molar-refractivity contribution in [3.05, 3.63) is 73.8 Å². The minimum absolute atomic E-state index is 0.309. The number of likely N-dealkylation sites (N-methyl/N-ethyl adjacent to an activating group) is 2. The topological polar surface area (TPSA) is 107 Å². The minimum atomic E-state index is -0.309. The Kier molecular flexibility index (Phi) is 8.44. The molecule has 3 N–H and O–H groups in total. The number of hydrogen-bond acceptors (Lipinski definition) is 7. The number of ether oxygens (including phenoxy) is 1. The quantitative estimate of drug-likeness (QED) is 0.158. The van der Waals surface area contributed by atoms with Gasteiger partial charge in [-0.25, -0.2) is 9.97 Å². The molecule has 11 heteroatoms. The molecule has 0 atom stereocenters. The van der Waals surface area contributed by atoms with Gasteiger partial charge in [-0.2, -0.15) is 4.68 Å². The zero-order valence-electron chi connectivity index (χ0n) is 25.5. The molecule has 0 saturated carbocycles. The van der Waals surface area contributed by atoms with Gasteiger partial charge >= 0.3 is 0 Å². The Bertz CT molecular complexity index is 1770. The van der Waals surface area contributed by atoms with Crippen molar-refractivity contribution >= 4 is 39.8 Å². The molecular formula is C32H38N9O2+. The molecule has 0 fully saturated rings. The number of carbonyl (C=O) groups excluding carboxylic acids is 1. The Hall–Kier alpha value is -5.16. The summed E-state index contributed by atoms with van der Waals surface area (Å²) in [4.78, 5) is 29.7. The number of amides is 1. The van der Waals surface area contributed by atoms with Crippen molar-refractivity contribution in [2.45, 2.75) is 0 Å². The lowest BCUT2D eigenvalue weighted by atomic mass is 10.0. The predicted molar refractivity (Wildman–Crippen MR) is 172 cm³/mol. The number of rotatable bonds is 11. The molecule has 0 aliphatic carbocycles. The lowest BCUT2D eigenvalue weighted by Crippen LogP contribution is -2.35. The highest BCUT2D eigenvalue weighted by Crippen LogP contribution is 2.39. The van der Waals surface area contributed by atoms with Gasteiger partial charge in [-0.15, -0.1) is 4.68 Å². The van der Waals surface area contributed by atoms with Crippen LogP contribution in [0.3, 0.4) is 0 Å². The van der Waals surface area contributed by atoms with E-state index in [4.69, 9.17) is 14.7 Å². The predicted octanol–water partition coefficient (Wildman–Crippen LogP) is 4.33. The van der Waals surface area contributed by atoms with Crippen molar-refractivity contribution < 1.29 is 14.2 Å². The fourth-order valence-electron chi connectivity index (χ4n) is 4.91. The SMILES string of the molecule is C=CC(=O)Nc1cc(Nc2ncc(-c3cn(C)[n+](C)c3)c(-c3c[nH]c4ccccc34)n2)c(OC)cc1N(C)CCN(C)C. The van der Waals surface area contributed by atoms with Crippen LogP contribution in [-0.4, -0.2) is 71.8 Å². The summed E-state index contributed by atoms with van der Waals surface area (Å²) in [7, 11) is 11.6. The van der Waals surface area contributed by atoms with Crippen LogP contribution in [0.25, 0.3) is 33.3 Å². The van der Waals surface area contributed by atoms with Crippen molar-refractivity contribution in [2.24, 2.45) is 14.1 Å². The third-order valence-electron chi connectivity index (χ3n) is 7.39. The number of aryl methyl sites for hydroxylation is 2. The zero-order valence-corrected chi connectivity index (χ0v) is 25.5. The highest BCUT2D eigenvalue weighted by molar-refractivity contribution is 6.02. The molecule has 0 aliphatic heterocycles. The van der Waals surface area contributed by atoms with Crippen LogP contribution in [-0.2, 0) is 18.9 Å². The Morgan fingerprint density at radius 2 is 1.95 bits per heavy atom. The molecule has 2 aromatic carbocycles. The van der Waals surface area contributed by atoms with Crippen molar-refractivity contribution in [3.8, 4) is 28.1 Å². The van der Waals surface area contributed by atoms with E-state index in [9.17, 15) is 4.79 Å². The number of H-pyrrole nitrogens is 1. The summed E-state index contributed by atoms with van der Waals surface area (Å²) < 4.78 is 9.79. The fraction of sp³-hybridized carbons (Fsp3) is 0.250. The first kappa shape index (κ1) is 29.3. The molecule has 222 valence electrons. The van der Waals surface area contributed by atoms with Gasteiger partial charge < -0.3 is 30.2 Å². The van der Waals surface area contributed by atoms with E-state index in [0.29, 0.717) is 23.1 Å². The smallest absolute Gasteiger partial charge is 0.247 e. The second-order valence-corrected chi connectivity index (χ2v) is 10.7. The first-order chi connectivity index (χ1) is 20.7. The molecule has 3 heterocycles. The van der Waals surface area contributed by atoms with E-state index in [-0.39, 0.29) is 5.91 Å². The van der Waals surface area contributed by atoms with Gasteiger partial charge in [-0.3, -0.25) is 4.79 Å². The van der Waals surface area contributed by atoms with Crippen molar-refractivity contribution in [1.29, 1.82) is 0 Å². The number of fused-ring (bicyclic) bond motifs is 1. The van der Waals surface area contributed by atoms with Crippen LogP contribution in [0.2, 0.25) is 0 Å². The monoisotopic (exact) mass is 580 g/mol. The van der Waals surface area contributed by atoms with Gasteiger partial charge in [0.2, 0.25) is 18.1 Å². The molecule has 3 aromatic heterocycles. The molecule has 5 rings (SSSR count). The highest BCUT2D eigenvalue weighted by atomic mass is 16.5. The number of methoxy groups -OCH3 is 1. The number of nitrogens with zero attached hydrogens (tertiary/aromatic N) is 6. The maximum absolute atomic E-state index is 12.4. The summed E-state index contributed by atoms with van der Waals surface area (Å²) >= 11 is 0. The molecule has 0 spiro atoms. The summed E-state index contributed by atoms with van der Waals surface area (Å²) in [5.74, 6) is 0.661. The third-order valence-corrected chi connectivity index (χ3v) is 7.39. The summed E-state index contributed by atoms with van der Waals surface area (Å²) in [6.45, 7) is 5.20. The van der Waals surface area contributed by atoms with Crippen molar-refractivity contribution in [1.82, 2.24) is 24.5 Å². The van der Waals surface area contributed by atoms with Gasteiger partial charge in [-0.05, 0) is 32.3 Å². The minimum Gasteiger partial charge on any atom is -0.494 e. The second kappa shape index (κ2) is 12.4. The van der Waals surface area contributed by atoms with E-state index in [2.05, 4.69) is 38.1 Å². The van der Waals surface area contributed by atoms with E-state index in [0.717, 1.165) is 52.1 Å². The standard InChI is InChI=1S/C32H37N9O2/c1-8-30(42)35-26-15-27(29(43-7)16-28(26)39(4)14-13-38(2)3)36-32-34-17-23(21-19-40(5)41(6)20-21)31(37-32)24-18-33-25-12-10-9-11-22(24)25/h8-12,15-20H,1,13-14H2,2-7H3,(H2-,33,34,35,36,37,42)/p+1. The molecule has 11 nitrogen and oxygen atoms in total. The Labute approximate surface area is 251 Å². The fourth-order valence-corrected chi connectivity index (χ4v) is 4.91. The number of benzene rings is 2. The average Bonchev–Trinajstić information content (AvgIpc) is 3.58. The van der Waals surface area contributed by atoms with Gasteiger partial charge in [0.25, 0.3) is 0 Å². The third kappa shape index (κ3) is 6.21. The molecule has 0 unspecified atom stereocenters.